The molecule has 0 saturated carbocycles. The van der Waals surface area contributed by atoms with Gasteiger partial charge in [-0.3, -0.25) is 5.41 Å². The number of rotatable bonds is 2. The summed E-state index contributed by atoms with van der Waals surface area (Å²) in [5, 5.41) is 7.02. The van der Waals surface area contributed by atoms with Crippen LogP contribution < -0.4 is 5.73 Å². The van der Waals surface area contributed by atoms with Crippen molar-refractivity contribution in [1.82, 2.24) is 0 Å². The van der Waals surface area contributed by atoms with E-state index in [1.54, 1.807) is 12.1 Å². The largest absolute Gasteiger partial charge is 0.387 e. The van der Waals surface area contributed by atoms with Crippen LogP contribution in [0.15, 0.2) is 22.7 Å². The van der Waals surface area contributed by atoms with Gasteiger partial charge in [-0.25, -0.2) is 4.39 Å². The van der Waals surface area contributed by atoms with Gasteiger partial charge in [0.2, 0.25) is 0 Å². The van der Waals surface area contributed by atoms with Gasteiger partial charge in [0.15, 0.2) is 0 Å². The Labute approximate surface area is 78.2 Å². The van der Waals surface area contributed by atoms with Gasteiger partial charge < -0.3 is 5.73 Å². The molecule has 4 heteroatoms. The quantitative estimate of drug-likeness (QED) is 0.594. The van der Waals surface area contributed by atoms with Crippen LogP contribution in [0.3, 0.4) is 0 Å². The van der Waals surface area contributed by atoms with Gasteiger partial charge in [0, 0.05) is 6.42 Å². The van der Waals surface area contributed by atoms with Gasteiger partial charge in [0.05, 0.1) is 10.3 Å². The Hall–Kier alpha value is -0.900. The first kappa shape index (κ1) is 9.19. The van der Waals surface area contributed by atoms with Crippen molar-refractivity contribution in [3.8, 4) is 0 Å². The third kappa shape index (κ3) is 2.30. The summed E-state index contributed by atoms with van der Waals surface area (Å²) in [6.45, 7) is 0. The molecule has 0 heterocycles. The molecule has 0 amide bonds. The summed E-state index contributed by atoms with van der Waals surface area (Å²) in [7, 11) is 0. The van der Waals surface area contributed by atoms with Crippen LogP contribution >= 0.6 is 15.9 Å². The van der Waals surface area contributed by atoms with Crippen LogP contribution in [0, 0.1) is 11.2 Å². The first-order valence-corrected chi connectivity index (χ1v) is 4.15. The maximum Gasteiger partial charge on any atom is 0.137 e. The molecule has 0 spiro atoms. The summed E-state index contributed by atoms with van der Waals surface area (Å²) < 4.78 is 13.1. The fourth-order valence-corrected chi connectivity index (χ4v) is 1.30. The van der Waals surface area contributed by atoms with E-state index >= 15 is 0 Å². The van der Waals surface area contributed by atoms with Crippen molar-refractivity contribution < 1.29 is 4.39 Å². The second kappa shape index (κ2) is 3.67. The van der Waals surface area contributed by atoms with Crippen molar-refractivity contribution >= 4 is 21.8 Å². The number of halogens is 2. The topological polar surface area (TPSA) is 49.9 Å². The summed E-state index contributed by atoms with van der Waals surface area (Å²) in [4.78, 5) is 0. The van der Waals surface area contributed by atoms with E-state index in [4.69, 9.17) is 11.1 Å². The molecule has 0 fully saturated rings. The molecule has 1 aromatic carbocycles. The minimum atomic E-state index is -0.303. The second-order valence-electron chi connectivity index (χ2n) is 2.45. The second-order valence-corrected chi connectivity index (χ2v) is 3.30. The predicted octanol–water partition coefficient (Wildman–Crippen LogP) is 2.07. The number of benzene rings is 1. The van der Waals surface area contributed by atoms with Crippen molar-refractivity contribution in [3.05, 3.63) is 34.1 Å². The van der Waals surface area contributed by atoms with Crippen molar-refractivity contribution in [2.24, 2.45) is 5.73 Å². The molecule has 0 saturated heterocycles. The first-order chi connectivity index (χ1) is 5.59. The third-order valence-corrected chi connectivity index (χ3v) is 1.99. The summed E-state index contributed by atoms with van der Waals surface area (Å²) in [6, 6.07) is 4.58. The molecule has 2 nitrogen and oxygen atoms in total. The van der Waals surface area contributed by atoms with Crippen molar-refractivity contribution in [2.45, 2.75) is 6.42 Å². The molecule has 0 bridgehead atoms. The summed E-state index contributed by atoms with van der Waals surface area (Å²) >= 11 is 3.05. The van der Waals surface area contributed by atoms with Gasteiger partial charge in [-0.15, -0.1) is 0 Å². The highest BCUT2D eigenvalue weighted by Crippen LogP contribution is 2.16. The fourth-order valence-electron chi connectivity index (χ4n) is 0.870. The molecular formula is C8H8BrFN2. The van der Waals surface area contributed by atoms with Crippen molar-refractivity contribution in [3.63, 3.8) is 0 Å². The van der Waals surface area contributed by atoms with E-state index in [0.717, 1.165) is 5.56 Å². The number of nitrogens with one attached hydrogen (secondary N) is 1. The maximum atomic E-state index is 12.7. The van der Waals surface area contributed by atoms with Crippen LogP contribution in [0.4, 0.5) is 4.39 Å². The summed E-state index contributed by atoms with van der Waals surface area (Å²) in [5.74, 6) is -0.226. The Morgan fingerprint density at radius 3 is 2.75 bits per heavy atom. The Bertz CT molecular complexity index is 312. The van der Waals surface area contributed by atoms with Crippen LogP contribution in [-0.2, 0) is 6.42 Å². The average molecular weight is 231 g/mol. The van der Waals surface area contributed by atoms with E-state index in [0.29, 0.717) is 10.9 Å². The molecule has 0 radical (unpaired) electrons. The molecule has 64 valence electrons. The zero-order valence-electron chi connectivity index (χ0n) is 6.27. The van der Waals surface area contributed by atoms with Crippen LogP contribution in [-0.4, -0.2) is 5.84 Å². The number of nitrogens with two attached hydrogens (primary N) is 1. The van der Waals surface area contributed by atoms with Gasteiger partial charge in [-0.1, -0.05) is 6.07 Å². The van der Waals surface area contributed by atoms with Gasteiger partial charge in [0.1, 0.15) is 5.82 Å². The lowest BCUT2D eigenvalue weighted by Crippen LogP contribution is -2.12. The highest BCUT2D eigenvalue weighted by atomic mass is 79.9. The average Bonchev–Trinajstić information content (AvgIpc) is 1.96. The van der Waals surface area contributed by atoms with E-state index < -0.39 is 0 Å². The molecule has 0 atom stereocenters. The van der Waals surface area contributed by atoms with E-state index in [1.807, 2.05) is 0 Å². The minimum Gasteiger partial charge on any atom is -0.387 e. The minimum absolute atomic E-state index is 0.0773. The van der Waals surface area contributed by atoms with Gasteiger partial charge >= 0.3 is 0 Å². The molecule has 12 heavy (non-hydrogen) atoms. The first-order valence-electron chi connectivity index (χ1n) is 3.36. The van der Waals surface area contributed by atoms with Gasteiger partial charge in [-0.05, 0) is 33.6 Å². The Kier molecular flexibility index (Phi) is 2.81. The predicted molar refractivity (Wildman–Crippen MR) is 49.7 cm³/mol. The van der Waals surface area contributed by atoms with Crippen molar-refractivity contribution in [1.29, 1.82) is 5.41 Å². The highest BCUT2D eigenvalue weighted by molar-refractivity contribution is 9.10. The Morgan fingerprint density at radius 1 is 1.58 bits per heavy atom. The van der Waals surface area contributed by atoms with Crippen LogP contribution in [0.2, 0.25) is 0 Å². The smallest absolute Gasteiger partial charge is 0.137 e. The lowest BCUT2D eigenvalue weighted by Gasteiger charge is -2.00. The normalized spacial score (nSPS) is 9.83. The zero-order chi connectivity index (χ0) is 9.14. The lowest BCUT2D eigenvalue weighted by atomic mass is 10.1. The highest BCUT2D eigenvalue weighted by Gasteiger charge is 2.00. The van der Waals surface area contributed by atoms with E-state index in [9.17, 15) is 4.39 Å². The van der Waals surface area contributed by atoms with Crippen LogP contribution in [0.25, 0.3) is 0 Å². The Balaban J connectivity index is 2.89. The van der Waals surface area contributed by atoms with Crippen LogP contribution in [0.1, 0.15) is 5.56 Å². The monoisotopic (exact) mass is 230 g/mol. The number of hydrogen-bond donors (Lipinski definition) is 2. The maximum absolute atomic E-state index is 12.7. The lowest BCUT2D eigenvalue weighted by molar-refractivity contribution is 0.620. The van der Waals surface area contributed by atoms with E-state index in [-0.39, 0.29) is 11.7 Å². The van der Waals surface area contributed by atoms with E-state index in [2.05, 4.69) is 15.9 Å². The van der Waals surface area contributed by atoms with Crippen molar-refractivity contribution in [2.75, 3.05) is 0 Å². The Morgan fingerprint density at radius 2 is 2.25 bits per heavy atom. The van der Waals surface area contributed by atoms with Gasteiger partial charge in [-0.2, -0.15) is 0 Å². The molecule has 0 aliphatic rings. The van der Waals surface area contributed by atoms with Gasteiger partial charge in [0.25, 0.3) is 0 Å². The molecule has 1 rings (SSSR count). The molecule has 0 aliphatic carbocycles. The van der Waals surface area contributed by atoms with E-state index in [1.165, 1.54) is 6.07 Å². The SMILES string of the molecule is N=C(N)Cc1ccc(F)c(Br)c1. The van der Waals surface area contributed by atoms with Crippen LogP contribution in [0.5, 0.6) is 0 Å². The third-order valence-electron chi connectivity index (χ3n) is 1.38. The molecule has 1 aromatic rings. The zero-order valence-corrected chi connectivity index (χ0v) is 7.86. The molecule has 0 aromatic heterocycles. The summed E-state index contributed by atoms with van der Waals surface area (Å²) in [5.41, 5.74) is 6.02. The number of amidine groups is 1. The fraction of sp³-hybridized carbons (Fsp3) is 0.125. The standard InChI is InChI=1S/C8H8BrFN2/c9-6-3-5(4-8(11)12)1-2-7(6)10/h1-3H,4H2,(H3,11,12). The molecule has 0 aliphatic heterocycles. The summed E-state index contributed by atoms with van der Waals surface area (Å²) in [6.07, 6.45) is 0.360. The number of hydrogen-bond acceptors (Lipinski definition) is 1. The molecule has 0 unspecified atom stereocenters. The molecule has 3 N–H and O–H groups in total. The molecular weight excluding hydrogens is 223 g/mol.